The number of benzene rings is 2. The first-order chi connectivity index (χ1) is 9.25. The van der Waals surface area contributed by atoms with E-state index in [9.17, 15) is 9.18 Å². The van der Waals surface area contributed by atoms with Crippen molar-refractivity contribution >= 4 is 43.1 Å². The Kier molecular flexibility index (Phi) is 2.02. The van der Waals surface area contributed by atoms with Crippen LogP contribution in [0.3, 0.4) is 0 Å². The predicted octanol–water partition coefficient (Wildman–Crippen LogP) is 3.43. The number of fused-ring (bicyclic) bond motifs is 6. The van der Waals surface area contributed by atoms with Crippen molar-refractivity contribution in [3.8, 4) is 0 Å². The first-order valence-electron chi connectivity index (χ1n) is 5.71. The van der Waals surface area contributed by atoms with Crippen molar-refractivity contribution in [2.24, 2.45) is 0 Å². The number of aromatic nitrogens is 2. The van der Waals surface area contributed by atoms with Crippen LogP contribution in [-0.4, -0.2) is 9.97 Å². The Balaban J connectivity index is 2.50. The lowest BCUT2D eigenvalue weighted by molar-refractivity contribution is 0.630. The SMILES string of the molecule is O=c1[nH]ccc2c3scnc3c3ccc(F)cc3c12. The van der Waals surface area contributed by atoms with E-state index in [-0.39, 0.29) is 11.4 Å². The van der Waals surface area contributed by atoms with Gasteiger partial charge in [0.05, 0.1) is 21.1 Å². The average Bonchev–Trinajstić information content (AvgIpc) is 2.88. The van der Waals surface area contributed by atoms with E-state index in [1.807, 2.05) is 6.07 Å². The number of nitrogens with zero attached hydrogens (tertiary/aromatic N) is 1. The highest BCUT2D eigenvalue weighted by atomic mass is 32.1. The molecule has 4 aromatic rings. The fourth-order valence-corrected chi connectivity index (χ4v) is 3.33. The smallest absolute Gasteiger partial charge is 0.256 e. The number of rotatable bonds is 0. The Morgan fingerprint density at radius 3 is 2.95 bits per heavy atom. The summed E-state index contributed by atoms with van der Waals surface area (Å²) in [4.78, 5) is 19.1. The maximum absolute atomic E-state index is 13.5. The summed E-state index contributed by atoms with van der Waals surface area (Å²) in [5.74, 6) is -0.355. The third-order valence-electron chi connectivity index (χ3n) is 3.28. The zero-order chi connectivity index (χ0) is 13.0. The Morgan fingerprint density at radius 1 is 1.16 bits per heavy atom. The van der Waals surface area contributed by atoms with Crippen molar-refractivity contribution < 1.29 is 4.39 Å². The van der Waals surface area contributed by atoms with Crippen LogP contribution in [0.4, 0.5) is 4.39 Å². The number of hydrogen-bond donors (Lipinski definition) is 1. The Hall–Kier alpha value is -2.27. The summed E-state index contributed by atoms with van der Waals surface area (Å²) in [6.45, 7) is 0. The number of aromatic amines is 1. The van der Waals surface area contributed by atoms with E-state index in [0.717, 1.165) is 21.0 Å². The van der Waals surface area contributed by atoms with Gasteiger partial charge in [-0.3, -0.25) is 4.79 Å². The molecule has 0 bridgehead atoms. The van der Waals surface area contributed by atoms with Gasteiger partial charge in [0.2, 0.25) is 0 Å². The van der Waals surface area contributed by atoms with E-state index in [4.69, 9.17) is 0 Å². The quantitative estimate of drug-likeness (QED) is 0.497. The highest BCUT2D eigenvalue weighted by molar-refractivity contribution is 7.18. The average molecular weight is 270 g/mol. The van der Waals surface area contributed by atoms with E-state index < -0.39 is 0 Å². The molecule has 0 aliphatic rings. The molecule has 0 atom stereocenters. The second-order valence-electron chi connectivity index (χ2n) is 4.32. The van der Waals surface area contributed by atoms with Gasteiger partial charge in [0, 0.05) is 22.4 Å². The van der Waals surface area contributed by atoms with Crippen molar-refractivity contribution in [3.05, 3.63) is 52.1 Å². The number of thiazole rings is 1. The minimum atomic E-state index is -0.355. The van der Waals surface area contributed by atoms with Gasteiger partial charge in [-0.2, -0.15) is 0 Å². The van der Waals surface area contributed by atoms with Crippen molar-refractivity contribution in [3.63, 3.8) is 0 Å². The Labute approximate surface area is 110 Å². The van der Waals surface area contributed by atoms with Gasteiger partial charge in [0.25, 0.3) is 5.56 Å². The molecule has 19 heavy (non-hydrogen) atoms. The minimum Gasteiger partial charge on any atom is -0.329 e. The molecule has 0 fully saturated rings. The molecule has 5 heteroatoms. The van der Waals surface area contributed by atoms with Crippen LogP contribution in [0.15, 0.2) is 40.8 Å². The fourth-order valence-electron chi connectivity index (χ4n) is 2.49. The van der Waals surface area contributed by atoms with Gasteiger partial charge in [0.1, 0.15) is 5.82 Å². The first kappa shape index (κ1) is 10.6. The third kappa shape index (κ3) is 1.36. The molecule has 0 amide bonds. The summed E-state index contributed by atoms with van der Waals surface area (Å²) >= 11 is 1.49. The maximum atomic E-state index is 13.5. The summed E-state index contributed by atoms with van der Waals surface area (Å²) < 4.78 is 14.5. The van der Waals surface area contributed by atoms with Crippen LogP contribution in [-0.2, 0) is 0 Å². The molecule has 2 heterocycles. The van der Waals surface area contributed by atoms with Crippen LogP contribution in [0.1, 0.15) is 0 Å². The molecular weight excluding hydrogens is 263 g/mol. The maximum Gasteiger partial charge on any atom is 0.256 e. The van der Waals surface area contributed by atoms with E-state index >= 15 is 0 Å². The van der Waals surface area contributed by atoms with Gasteiger partial charge in [-0.05, 0) is 24.3 Å². The van der Waals surface area contributed by atoms with Gasteiger partial charge < -0.3 is 4.98 Å². The number of hydrogen-bond acceptors (Lipinski definition) is 3. The zero-order valence-corrected chi connectivity index (χ0v) is 10.4. The fraction of sp³-hybridized carbons (Fsp3) is 0. The van der Waals surface area contributed by atoms with Crippen LogP contribution in [0.5, 0.6) is 0 Å². The number of halogens is 1. The van der Waals surface area contributed by atoms with Gasteiger partial charge >= 0.3 is 0 Å². The predicted molar refractivity (Wildman–Crippen MR) is 75.2 cm³/mol. The molecule has 0 saturated heterocycles. The zero-order valence-electron chi connectivity index (χ0n) is 9.61. The van der Waals surface area contributed by atoms with Gasteiger partial charge in [-0.15, -0.1) is 11.3 Å². The number of nitrogens with one attached hydrogen (secondary N) is 1. The standard InChI is InChI=1S/C14H7FN2OS/c15-7-1-2-8-10(5-7)11-9(3-4-16-14(11)18)13-12(8)17-6-19-13/h1-6H,(H,16,18). The lowest BCUT2D eigenvalue weighted by Crippen LogP contribution is -2.05. The molecule has 0 radical (unpaired) electrons. The molecule has 2 aromatic heterocycles. The van der Waals surface area contributed by atoms with Gasteiger partial charge in [0.15, 0.2) is 0 Å². The van der Waals surface area contributed by atoms with E-state index in [0.29, 0.717) is 10.8 Å². The molecule has 4 rings (SSSR count). The molecule has 0 unspecified atom stereocenters. The van der Waals surface area contributed by atoms with Gasteiger partial charge in [-0.25, -0.2) is 9.37 Å². The van der Waals surface area contributed by atoms with Gasteiger partial charge in [-0.1, -0.05) is 0 Å². The molecule has 0 aliphatic carbocycles. The normalized spacial score (nSPS) is 11.6. The summed E-state index contributed by atoms with van der Waals surface area (Å²) in [5, 5.41) is 2.75. The molecule has 0 aliphatic heterocycles. The van der Waals surface area contributed by atoms with E-state index in [1.165, 1.54) is 23.5 Å². The minimum absolute atomic E-state index is 0.205. The lowest BCUT2D eigenvalue weighted by Gasteiger charge is -2.05. The molecule has 3 nitrogen and oxygen atoms in total. The van der Waals surface area contributed by atoms with Crippen LogP contribution in [0, 0.1) is 5.82 Å². The van der Waals surface area contributed by atoms with Crippen LogP contribution >= 0.6 is 11.3 Å². The Bertz CT molecular complexity index is 1000. The number of H-pyrrole nitrogens is 1. The summed E-state index contributed by atoms with van der Waals surface area (Å²) in [6.07, 6.45) is 1.61. The Morgan fingerprint density at radius 2 is 2.05 bits per heavy atom. The van der Waals surface area contributed by atoms with Crippen molar-refractivity contribution in [1.29, 1.82) is 0 Å². The van der Waals surface area contributed by atoms with Crippen LogP contribution < -0.4 is 5.56 Å². The topological polar surface area (TPSA) is 45.8 Å². The van der Waals surface area contributed by atoms with Crippen LogP contribution in [0.2, 0.25) is 0 Å². The highest BCUT2D eigenvalue weighted by Gasteiger charge is 2.13. The monoisotopic (exact) mass is 270 g/mol. The molecule has 0 saturated carbocycles. The summed E-state index contributed by atoms with van der Waals surface area (Å²) in [5.41, 5.74) is 2.36. The van der Waals surface area contributed by atoms with E-state index in [2.05, 4.69) is 9.97 Å². The molecule has 0 spiro atoms. The van der Waals surface area contributed by atoms with Crippen molar-refractivity contribution in [2.45, 2.75) is 0 Å². The van der Waals surface area contributed by atoms with E-state index in [1.54, 1.807) is 17.8 Å². The highest BCUT2D eigenvalue weighted by Crippen LogP contribution is 2.34. The summed E-state index contributed by atoms with van der Waals surface area (Å²) in [7, 11) is 0. The summed E-state index contributed by atoms with van der Waals surface area (Å²) in [6, 6.07) is 6.30. The molecule has 2 aromatic carbocycles. The second kappa shape index (κ2) is 3.61. The first-order valence-corrected chi connectivity index (χ1v) is 6.59. The lowest BCUT2D eigenvalue weighted by atomic mass is 10.0. The third-order valence-corrected chi connectivity index (χ3v) is 4.14. The molecule has 1 N–H and O–H groups in total. The second-order valence-corrected chi connectivity index (χ2v) is 5.17. The largest absolute Gasteiger partial charge is 0.329 e. The molecule has 92 valence electrons. The van der Waals surface area contributed by atoms with Crippen molar-refractivity contribution in [2.75, 3.05) is 0 Å². The molecular formula is C14H7FN2OS. The van der Waals surface area contributed by atoms with Crippen LogP contribution in [0.25, 0.3) is 31.8 Å². The number of pyridine rings is 1. The van der Waals surface area contributed by atoms with Crippen molar-refractivity contribution in [1.82, 2.24) is 9.97 Å².